The molecule has 6 rings (SSSR count). The van der Waals surface area contributed by atoms with Crippen LogP contribution in [0.5, 0.6) is 0 Å². The number of benzene rings is 4. The Kier molecular flexibility index (Phi) is 29.0. The topological polar surface area (TPSA) is 288 Å². The Morgan fingerprint density at radius 2 is 1.13 bits per heavy atom. The third-order valence-electron chi connectivity index (χ3n) is 11.5. The molecule has 82 heavy (non-hydrogen) atoms. The van der Waals surface area contributed by atoms with E-state index in [4.69, 9.17) is 44.5 Å². The summed E-state index contributed by atoms with van der Waals surface area (Å²) in [6, 6.07) is 16.8. The van der Waals surface area contributed by atoms with Crippen molar-refractivity contribution in [3.8, 4) is 0 Å². The van der Waals surface area contributed by atoms with Gasteiger partial charge in [-0.3, -0.25) is 24.7 Å². The lowest BCUT2D eigenvalue weighted by atomic mass is 10.1. The molecular weight excluding hydrogens is 1180 g/mol. The van der Waals surface area contributed by atoms with Gasteiger partial charge in [-0.05, 0) is 117 Å². The monoisotopic (exact) mass is 1230 g/mol. The van der Waals surface area contributed by atoms with Crippen LogP contribution >= 0.6 is 50.2 Å². The Bertz CT molecular complexity index is 3350. The molecule has 2 aromatic heterocycles. The van der Waals surface area contributed by atoms with Crippen molar-refractivity contribution < 1.29 is 64.1 Å². The van der Waals surface area contributed by atoms with Crippen LogP contribution in [0.4, 0.5) is 45.7 Å². The number of rotatable bonds is 21. The zero-order valence-electron chi connectivity index (χ0n) is 43.0. The highest BCUT2D eigenvalue weighted by molar-refractivity contribution is 7.59. The molecule has 2 atom stereocenters. The van der Waals surface area contributed by atoms with E-state index in [2.05, 4.69) is 45.4 Å². The Balaban J connectivity index is 0.000000456. The quantitative estimate of drug-likeness (QED) is 0.0301. The van der Waals surface area contributed by atoms with E-state index in [9.17, 15) is 59.4 Å². The highest BCUT2D eigenvalue weighted by Crippen LogP contribution is 2.28. The second kappa shape index (κ2) is 33.8. The van der Waals surface area contributed by atoms with Gasteiger partial charge in [0.05, 0.1) is 41.8 Å². The first-order chi connectivity index (χ1) is 37.9. The van der Waals surface area contributed by atoms with E-state index >= 15 is 0 Å². The van der Waals surface area contributed by atoms with Gasteiger partial charge in [0, 0.05) is 77.7 Å². The van der Waals surface area contributed by atoms with Crippen molar-refractivity contribution in [2.45, 2.75) is 62.5 Å². The molecular formula is C50H50Cl2F8N14O6S2. The van der Waals surface area contributed by atoms with Crippen molar-refractivity contribution in [3.05, 3.63) is 179 Å². The lowest BCUT2D eigenvalue weighted by molar-refractivity contribution is -0.135. The molecule has 20 nitrogen and oxygen atoms in total. The molecule has 0 aliphatic heterocycles. The summed E-state index contributed by atoms with van der Waals surface area (Å²) >= 11 is 11.7. The molecule has 0 spiro atoms. The van der Waals surface area contributed by atoms with Crippen molar-refractivity contribution in [2.24, 2.45) is 15.3 Å². The molecule has 32 heteroatoms. The van der Waals surface area contributed by atoms with E-state index < -0.39 is 110 Å². The van der Waals surface area contributed by atoms with Gasteiger partial charge in [-0.2, -0.15) is 27.0 Å². The van der Waals surface area contributed by atoms with Crippen LogP contribution in [-0.4, -0.2) is 113 Å². The number of likely N-dealkylation sites (N-methyl/N-ethyl adjacent to an activating group) is 2. The number of anilines is 1. The van der Waals surface area contributed by atoms with Crippen LogP contribution in [0, 0.1) is 23.3 Å². The lowest BCUT2D eigenvalue weighted by Crippen LogP contribution is -2.45. The number of aryl methyl sites for hydroxylation is 2. The van der Waals surface area contributed by atoms with Crippen molar-refractivity contribution in [2.75, 3.05) is 45.7 Å². The number of aromatic nitrogens is 2. The smallest absolute Gasteiger partial charge is 0.412 e. The Morgan fingerprint density at radius 1 is 0.671 bits per heavy atom. The molecule has 0 saturated heterocycles. The molecule has 4 amide bonds. The van der Waals surface area contributed by atoms with Crippen molar-refractivity contribution in [1.29, 1.82) is 0 Å². The Hall–Kier alpha value is -7.81. The van der Waals surface area contributed by atoms with Gasteiger partial charge in [-0.25, -0.2) is 44.9 Å². The van der Waals surface area contributed by atoms with Gasteiger partial charge in [0.2, 0.25) is 11.8 Å². The average Bonchev–Trinajstić information content (AvgIpc) is 3.53. The fourth-order valence-corrected chi connectivity index (χ4v) is 7.70. The van der Waals surface area contributed by atoms with Crippen LogP contribution < -0.4 is 5.32 Å². The molecule has 4 aromatic carbocycles. The van der Waals surface area contributed by atoms with Gasteiger partial charge in [0.25, 0.3) is 17.8 Å². The number of aliphatic hydroxyl groups is 1. The number of amides is 4. The SMILES string of the molecule is CN(C(=O)CCc1cccc(F)c1Cl)[C@H](CO)CC(F)(F)CN=[N+]=[N-].CN(C(=O)CCc1cccc(F)c1Cl)[C@H](COC(=O)Nc1cc2cc(F)ccc2cn1)CC(F)(F)CN=[N+]=[N-].S.S.[N-]=[N+]=NC(=O)c1cc2cc(F)ccc2cn1. The van der Waals surface area contributed by atoms with E-state index in [1.54, 1.807) is 12.1 Å². The molecule has 0 aliphatic rings. The minimum absolute atomic E-state index is 0. The Morgan fingerprint density at radius 3 is 1.61 bits per heavy atom. The van der Waals surface area contributed by atoms with Gasteiger partial charge in [-0.1, -0.05) is 57.7 Å². The summed E-state index contributed by atoms with van der Waals surface area (Å²) in [5.41, 5.74) is 25.4. The lowest BCUT2D eigenvalue weighted by Gasteiger charge is -2.30. The molecule has 438 valence electrons. The first-order valence-corrected chi connectivity index (χ1v) is 24.1. The van der Waals surface area contributed by atoms with Gasteiger partial charge >= 0.3 is 6.09 Å². The summed E-state index contributed by atoms with van der Waals surface area (Å²) in [4.78, 5) is 65.4. The number of azide groups is 3. The summed E-state index contributed by atoms with van der Waals surface area (Å²) in [7, 11) is 2.55. The maximum Gasteiger partial charge on any atom is 0.412 e. The highest BCUT2D eigenvalue weighted by atomic mass is 35.5. The van der Waals surface area contributed by atoms with Crippen molar-refractivity contribution >= 4 is 101 Å². The number of nitrogens with zero attached hydrogens (tertiary/aromatic N) is 13. The zero-order chi connectivity index (χ0) is 59.2. The minimum atomic E-state index is -3.51. The molecule has 0 fully saturated rings. The van der Waals surface area contributed by atoms with E-state index in [-0.39, 0.29) is 74.2 Å². The molecule has 2 heterocycles. The van der Waals surface area contributed by atoms with Gasteiger partial charge in [-0.15, -0.1) is 0 Å². The number of pyridine rings is 2. The number of carbonyl (C=O) groups is 4. The summed E-state index contributed by atoms with van der Waals surface area (Å²) in [6.45, 7) is -3.52. The van der Waals surface area contributed by atoms with E-state index in [0.717, 1.165) is 15.9 Å². The van der Waals surface area contributed by atoms with Crippen LogP contribution in [0.3, 0.4) is 0 Å². The van der Waals surface area contributed by atoms with Crippen molar-refractivity contribution in [1.82, 2.24) is 19.8 Å². The van der Waals surface area contributed by atoms with Crippen LogP contribution in [-0.2, 0) is 27.2 Å². The van der Waals surface area contributed by atoms with E-state index in [0.29, 0.717) is 32.7 Å². The van der Waals surface area contributed by atoms with Gasteiger partial charge in [0.15, 0.2) is 0 Å². The number of hydrogen-bond acceptors (Lipinski definition) is 10. The zero-order valence-corrected chi connectivity index (χ0v) is 46.6. The van der Waals surface area contributed by atoms with E-state index in [1.807, 2.05) is 0 Å². The molecule has 0 saturated carbocycles. The largest absolute Gasteiger partial charge is 0.447 e. The first-order valence-electron chi connectivity index (χ1n) is 23.3. The van der Waals surface area contributed by atoms with E-state index in [1.165, 1.54) is 93.2 Å². The molecule has 0 aliphatic carbocycles. The third kappa shape index (κ3) is 22.3. The number of aliphatic hydroxyl groups excluding tert-OH is 1. The number of nitrogens with one attached hydrogen (secondary N) is 1. The van der Waals surface area contributed by atoms with Crippen LogP contribution in [0.25, 0.3) is 52.9 Å². The molecule has 0 bridgehead atoms. The summed E-state index contributed by atoms with van der Waals surface area (Å²) in [5, 5.41) is 22.4. The predicted octanol–water partition coefficient (Wildman–Crippen LogP) is 13.1. The number of alkyl halides is 4. The molecule has 6 aromatic rings. The van der Waals surface area contributed by atoms with Gasteiger partial charge in [0.1, 0.15) is 41.4 Å². The maximum absolute atomic E-state index is 14.4. The second-order valence-electron chi connectivity index (χ2n) is 17.2. The number of carbonyl (C=O) groups excluding carboxylic acids is 4. The fraction of sp³-hybridized carbons (Fsp3) is 0.320. The van der Waals surface area contributed by atoms with Crippen LogP contribution in [0.15, 0.2) is 113 Å². The standard InChI is InChI=1S/C25H23ClF4N6O3.C15H18ClF3N4O2.C10H5FN4O.2H2S/c1-36(22(37)8-6-15-3-2-4-20(28)23(15)26)19(11-25(29,30)14-33-35-31)13-39-24(38)34-21-10-17-9-18(27)7-5-16(17)12-32-21;1-23(11(8-24)7-15(18,19)9-21-22-20)13(25)6-5-10-3-2-4-12(17)14(10)16;11-8-2-1-6-5-13-9(4-7(6)3-8)10(16)14-15-12;;/h2-5,7,9-10,12,19H,6,8,11,13-14H2,1H3,(H,32,34,38);2-4,11,24H,5-9H2,1H3;1-5H;2*1H2/t19-;11-;;;/m00.../s1. The van der Waals surface area contributed by atoms with Crippen LogP contribution in [0.2, 0.25) is 10.0 Å². The van der Waals surface area contributed by atoms with Crippen molar-refractivity contribution in [3.63, 3.8) is 0 Å². The second-order valence-corrected chi connectivity index (χ2v) is 17.9. The Labute approximate surface area is 485 Å². The summed E-state index contributed by atoms with van der Waals surface area (Å²) in [6.07, 6.45) is -0.143. The average molecular weight is 1230 g/mol. The molecule has 0 unspecified atom stereocenters. The van der Waals surface area contributed by atoms with Crippen LogP contribution in [0.1, 0.15) is 47.3 Å². The number of hydrogen-bond donors (Lipinski definition) is 2. The fourth-order valence-electron chi connectivity index (χ4n) is 7.26. The van der Waals surface area contributed by atoms with Gasteiger partial charge < -0.3 is 19.6 Å². The minimum Gasteiger partial charge on any atom is -0.447 e. The highest BCUT2D eigenvalue weighted by Gasteiger charge is 2.37. The normalized spacial score (nSPS) is 11.4. The summed E-state index contributed by atoms with van der Waals surface area (Å²) in [5.74, 6) is -10.9. The predicted molar refractivity (Wildman–Crippen MR) is 299 cm³/mol. The number of halogens is 10. The molecule has 2 N–H and O–H groups in total. The maximum atomic E-state index is 14.4. The first kappa shape index (κ1) is 70.3. The number of ether oxygens (including phenoxy) is 1. The number of fused-ring (bicyclic) bond motifs is 2. The third-order valence-corrected chi connectivity index (χ3v) is 12.4. The molecule has 0 radical (unpaired) electrons. The summed E-state index contributed by atoms with van der Waals surface area (Å²) < 4.78 is 115.